The first-order valence-corrected chi connectivity index (χ1v) is 6.66. The highest BCUT2D eigenvalue weighted by molar-refractivity contribution is 5.40. The molecule has 0 aliphatic heterocycles. The number of nitrogens with one attached hydrogen (secondary N) is 1. The number of alkyl halides is 3. The number of halogens is 3. The van der Waals surface area contributed by atoms with Crippen molar-refractivity contribution in [2.75, 3.05) is 20.3 Å². The molecule has 120 valence electrons. The Bertz CT molecular complexity index is 438. The molecule has 4 nitrogen and oxygen atoms in total. The molecule has 0 aliphatic rings. The fourth-order valence-electron chi connectivity index (χ4n) is 1.58. The zero-order valence-corrected chi connectivity index (χ0v) is 12.0. The molecular weight excluding hydrogens is 287 g/mol. The molecule has 7 heteroatoms. The van der Waals surface area contributed by atoms with Crippen molar-refractivity contribution in [1.82, 2.24) is 5.32 Å². The van der Waals surface area contributed by atoms with Crippen molar-refractivity contribution < 1.29 is 27.8 Å². The molecule has 0 aromatic heterocycles. The Balaban J connectivity index is 2.80. The second-order valence-corrected chi connectivity index (χ2v) is 4.52. The van der Waals surface area contributed by atoms with Gasteiger partial charge in [-0.3, -0.25) is 0 Å². The largest absolute Gasteiger partial charge is 0.493 e. The van der Waals surface area contributed by atoms with E-state index in [1.165, 1.54) is 6.07 Å². The van der Waals surface area contributed by atoms with E-state index in [0.717, 1.165) is 6.42 Å². The number of rotatable bonds is 8. The molecule has 1 aromatic rings. The third-order valence-electron chi connectivity index (χ3n) is 2.65. The van der Waals surface area contributed by atoms with Gasteiger partial charge in [0.2, 0.25) is 0 Å². The van der Waals surface area contributed by atoms with Crippen molar-refractivity contribution in [2.45, 2.75) is 32.2 Å². The molecule has 2 N–H and O–H groups in total. The van der Waals surface area contributed by atoms with Crippen LogP contribution in [0.15, 0.2) is 18.2 Å². The summed E-state index contributed by atoms with van der Waals surface area (Å²) in [5.74, 6) is 0.787. The normalized spacial score (nSPS) is 13.0. The van der Waals surface area contributed by atoms with Crippen LogP contribution in [-0.4, -0.2) is 37.6 Å². The Labute approximate surface area is 121 Å². The average Bonchev–Trinajstić information content (AvgIpc) is 2.43. The standard InChI is InChI=1S/C14H20F3NO3/c1-3-6-20-11-5-4-10(8-18-2)12(7-11)21-9-13(19)14(15,16)17/h4-5,7,13,18-19H,3,6,8-9H2,1-2H3. The molecule has 0 saturated carbocycles. The molecule has 1 rings (SSSR count). The number of aliphatic hydroxyl groups is 1. The van der Waals surface area contributed by atoms with Crippen LogP contribution in [0, 0.1) is 0 Å². The van der Waals surface area contributed by atoms with Gasteiger partial charge in [0.1, 0.15) is 18.1 Å². The van der Waals surface area contributed by atoms with Crippen LogP contribution in [0.25, 0.3) is 0 Å². The van der Waals surface area contributed by atoms with E-state index in [1.54, 1.807) is 19.2 Å². The van der Waals surface area contributed by atoms with E-state index in [2.05, 4.69) is 5.32 Å². The lowest BCUT2D eigenvalue weighted by Gasteiger charge is -2.18. The quantitative estimate of drug-likeness (QED) is 0.775. The topological polar surface area (TPSA) is 50.7 Å². The maximum Gasteiger partial charge on any atom is 0.417 e. The lowest BCUT2D eigenvalue weighted by Crippen LogP contribution is -2.34. The van der Waals surface area contributed by atoms with Crippen molar-refractivity contribution in [2.24, 2.45) is 0 Å². The zero-order chi connectivity index (χ0) is 15.9. The molecule has 0 fully saturated rings. The van der Waals surface area contributed by atoms with Gasteiger partial charge in [-0.25, -0.2) is 0 Å². The maximum absolute atomic E-state index is 12.3. The van der Waals surface area contributed by atoms with Gasteiger partial charge in [0.25, 0.3) is 0 Å². The van der Waals surface area contributed by atoms with Crippen LogP contribution in [0.4, 0.5) is 13.2 Å². The fraction of sp³-hybridized carbons (Fsp3) is 0.571. The van der Waals surface area contributed by atoms with Crippen molar-refractivity contribution in [3.05, 3.63) is 23.8 Å². The molecule has 0 radical (unpaired) electrons. The maximum atomic E-state index is 12.3. The van der Waals surface area contributed by atoms with Gasteiger partial charge >= 0.3 is 6.18 Å². The second-order valence-electron chi connectivity index (χ2n) is 4.52. The zero-order valence-electron chi connectivity index (χ0n) is 12.0. The molecule has 1 unspecified atom stereocenters. The third-order valence-corrected chi connectivity index (χ3v) is 2.65. The summed E-state index contributed by atoms with van der Waals surface area (Å²) in [5.41, 5.74) is 0.690. The Kier molecular flexibility index (Phi) is 6.77. The molecule has 0 aliphatic carbocycles. The van der Waals surface area contributed by atoms with Crippen LogP contribution in [0.5, 0.6) is 11.5 Å². The van der Waals surface area contributed by atoms with Crippen LogP contribution >= 0.6 is 0 Å². The Hall–Kier alpha value is -1.47. The molecule has 0 amide bonds. The SMILES string of the molecule is CCCOc1ccc(CNC)c(OCC(O)C(F)(F)F)c1. The minimum absolute atomic E-state index is 0.265. The lowest BCUT2D eigenvalue weighted by molar-refractivity contribution is -0.210. The van der Waals surface area contributed by atoms with Crippen molar-refractivity contribution in [1.29, 1.82) is 0 Å². The molecule has 1 aromatic carbocycles. The van der Waals surface area contributed by atoms with Crippen LogP contribution < -0.4 is 14.8 Å². The summed E-state index contributed by atoms with van der Waals surface area (Å²) in [7, 11) is 1.72. The van der Waals surface area contributed by atoms with Gasteiger partial charge in [-0.15, -0.1) is 0 Å². The van der Waals surface area contributed by atoms with E-state index < -0.39 is 18.9 Å². The number of hydrogen-bond donors (Lipinski definition) is 2. The van der Waals surface area contributed by atoms with Gasteiger partial charge in [0.05, 0.1) is 6.61 Å². The fourth-order valence-corrected chi connectivity index (χ4v) is 1.58. The summed E-state index contributed by atoms with van der Waals surface area (Å²) in [6, 6.07) is 4.98. The highest BCUT2D eigenvalue weighted by atomic mass is 19.4. The predicted octanol–water partition coefficient (Wildman–Crippen LogP) is 2.50. The molecule has 0 heterocycles. The van der Waals surface area contributed by atoms with Gasteiger partial charge in [0, 0.05) is 18.2 Å². The van der Waals surface area contributed by atoms with Crippen molar-refractivity contribution in [3.63, 3.8) is 0 Å². The molecule has 0 saturated heterocycles. The molecular formula is C14H20F3NO3. The Morgan fingerprint density at radius 3 is 2.57 bits per heavy atom. The summed E-state index contributed by atoms with van der Waals surface area (Å²) in [4.78, 5) is 0. The van der Waals surface area contributed by atoms with Gasteiger partial charge in [0.15, 0.2) is 6.10 Å². The van der Waals surface area contributed by atoms with Crippen LogP contribution in [0.3, 0.4) is 0 Å². The van der Waals surface area contributed by atoms with E-state index >= 15 is 0 Å². The van der Waals surface area contributed by atoms with Gasteiger partial charge in [-0.05, 0) is 19.5 Å². The van der Waals surface area contributed by atoms with Gasteiger partial charge in [-0.2, -0.15) is 13.2 Å². The molecule has 0 bridgehead atoms. The minimum Gasteiger partial charge on any atom is -0.493 e. The summed E-state index contributed by atoms with van der Waals surface area (Å²) in [6.07, 6.45) is -6.39. The first-order valence-electron chi connectivity index (χ1n) is 6.66. The predicted molar refractivity (Wildman–Crippen MR) is 72.5 cm³/mol. The van der Waals surface area contributed by atoms with Crippen LogP contribution in [-0.2, 0) is 6.54 Å². The van der Waals surface area contributed by atoms with Crippen molar-refractivity contribution >= 4 is 0 Å². The number of aliphatic hydroxyl groups excluding tert-OH is 1. The number of benzene rings is 1. The highest BCUT2D eigenvalue weighted by Gasteiger charge is 2.38. The van der Waals surface area contributed by atoms with Crippen LogP contribution in [0.2, 0.25) is 0 Å². The van der Waals surface area contributed by atoms with Crippen LogP contribution in [0.1, 0.15) is 18.9 Å². The lowest BCUT2D eigenvalue weighted by atomic mass is 10.2. The number of ether oxygens (including phenoxy) is 2. The van der Waals surface area contributed by atoms with E-state index in [4.69, 9.17) is 14.6 Å². The first kappa shape index (κ1) is 17.6. The summed E-state index contributed by atoms with van der Waals surface area (Å²) >= 11 is 0. The van der Waals surface area contributed by atoms with E-state index in [9.17, 15) is 13.2 Å². The van der Waals surface area contributed by atoms with E-state index in [1.807, 2.05) is 6.92 Å². The number of hydrogen-bond acceptors (Lipinski definition) is 4. The summed E-state index contributed by atoms with van der Waals surface area (Å²) < 4.78 is 47.4. The summed E-state index contributed by atoms with van der Waals surface area (Å²) in [5, 5.41) is 11.9. The highest BCUT2D eigenvalue weighted by Crippen LogP contribution is 2.27. The smallest absolute Gasteiger partial charge is 0.417 e. The molecule has 21 heavy (non-hydrogen) atoms. The van der Waals surface area contributed by atoms with Gasteiger partial charge in [-0.1, -0.05) is 13.0 Å². The molecule has 1 atom stereocenters. The summed E-state index contributed by atoms with van der Waals surface area (Å²) in [6.45, 7) is 2.05. The van der Waals surface area contributed by atoms with Crippen molar-refractivity contribution in [3.8, 4) is 11.5 Å². The third kappa shape index (κ3) is 5.81. The molecule has 0 spiro atoms. The van der Waals surface area contributed by atoms with E-state index in [-0.39, 0.29) is 5.75 Å². The van der Waals surface area contributed by atoms with E-state index in [0.29, 0.717) is 24.5 Å². The average molecular weight is 307 g/mol. The Morgan fingerprint density at radius 2 is 2.00 bits per heavy atom. The Morgan fingerprint density at radius 1 is 1.29 bits per heavy atom. The monoisotopic (exact) mass is 307 g/mol. The minimum atomic E-state index is -4.69. The second kappa shape index (κ2) is 8.09. The van der Waals surface area contributed by atoms with Gasteiger partial charge < -0.3 is 19.9 Å². The first-order chi connectivity index (χ1) is 9.88.